The van der Waals surface area contributed by atoms with Crippen LogP contribution in [0.4, 0.5) is 8.78 Å². The molecule has 1 nitrogen and oxygen atoms in total. The van der Waals surface area contributed by atoms with Crippen molar-refractivity contribution in [1.82, 2.24) is 4.57 Å². The van der Waals surface area contributed by atoms with E-state index < -0.39 is 11.6 Å². The fourth-order valence-corrected chi connectivity index (χ4v) is 3.71. The molecule has 0 fully saturated rings. The Kier molecular flexibility index (Phi) is 3.54. The SMILES string of the molecule is Fc1ccc(F)c(-c2ccc(-n3c4ccccc4c4ccccc43)cc2)c1. The molecule has 0 radical (unpaired) electrons. The second-order valence-corrected chi connectivity index (χ2v) is 6.54. The van der Waals surface area contributed by atoms with Gasteiger partial charge in [-0.1, -0.05) is 48.5 Å². The van der Waals surface area contributed by atoms with E-state index in [9.17, 15) is 8.78 Å². The lowest BCUT2D eigenvalue weighted by molar-refractivity contribution is 0.603. The Hall–Kier alpha value is -3.46. The van der Waals surface area contributed by atoms with Gasteiger partial charge < -0.3 is 4.57 Å². The Morgan fingerprint density at radius 1 is 0.593 bits per heavy atom. The smallest absolute Gasteiger partial charge is 0.131 e. The van der Waals surface area contributed by atoms with Crippen molar-refractivity contribution in [3.63, 3.8) is 0 Å². The van der Waals surface area contributed by atoms with Gasteiger partial charge in [0.15, 0.2) is 0 Å². The van der Waals surface area contributed by atoms with Crippen LogP contribution >= 0.6 is 0 Å². The number of hydrogen-bond acceptors (Lipinski definition) is 0. The molecule has 0 bridgehead atoms. The van der Waals surface area contributed by atoms with Gasteiger partial charge in [-0.3, -0.25) is 0 Å². The van der Waals surface area contributed by atoms with Gasteiger partial charge in [0.25, 0.3) is 0 Å². The van der Waals surface area contributed by atoms with Gasteiger partial charge in [-0.15, -0.1) is 0 Å². The third-order valence-electron chi connectivity index (χ3n) is 4.94. The van der Waals surface area contributed by atoms with Crippen LogP contribution in [0.15, 0.2) is 91.0 Å². The summed E-state index contributed by atoms with van der Waals surface area (Å²) in [7, 11) is 0. The molecule has 1 heterocycles. The van der Waals surface area contributed by atoms with Crippen LogP contribution in [-0.2, 0) is 0 Å². The summed E-state index contributed by atoms with van der Waals surface area (Å²) in [6.07, 6.45) is 0. The number of para-hydroxylation sites is 2. The van der Waals surface area contributed by atoms with Crippen LogP contribution in [-0.4, -0.2) is 4.57 Å². The summed E-state index contributed by atoms with van der Waals surface area (Å²) >= 11 is 0. The minimum absolute atomic E-state index is 0.267. The van der Waals surface area contributed by atoms with Gasteiger partial charge in [0.1, 0.15) is 11.6 Å². The Bertz CT molecular complexity index is 1230. The summed E-state index contributed by atoms with van der Waals surface area (Å²) in [4.78, 5) is 0. The van der Waals surface area contributed by atoms with E-state index in [1.807, 2.05) is 48.5 Å². The maximum absolute atomic E-state index is 14.1. The van der Waals surface area contributed by atoms with E-state index in [1.54, 1.807) is 0 Å². The maximum atomic E-state index is 14.1. The molecule has 5 rings (SSSR count). The van der Waals surface area contributed by atoms with Crippen LogP contribution in [0.2, 0.25) is 0 Å². The van der Waals surface area contributed by atoms with Crippen molar-refractivity contribution in [2.24, 2.45) is 0 Å². The summed E-state index contributed by atoms with van der Waals surface area (Å²) < 4.78 is 29.8. The van der Waals surface area contributed by atoms with Crippen LogP contribution in [0, 0.1) is 11.6 Å². The Morgan fingerprint density at radius 3 is 1.81 bits per heavy atom. The van der Waals surface area contributed by atoms with Crippen molar-refractivity contribution in [2.45, 2.75) is 0 Å². The molecule has 0 N–H and O–H groups in total. The molecule has 3 heteroatoms. The number of rotatable bonds is 2. The van der Waals surface area contributed by atoms with Gasteiger partial charge >= 0.3 is 0 Å². The van der Waals surface area contributed by atoms with Gasteiger partial charge in [0, 0.05) is 22.0 Å². The van der Waals surface area contributed by atoms with E-state index >= 15 is 0 Å². The zero-order chi connectivity index (χ0) is 18.4. The lowest BCUT2D eigenvalue weighted by atomic mass is 10.0. The number of aromatic nitrogens is 1. The second-order valence-electron chi connectivity index (χ2n) is 6.54. The molecule has 0 unspecified atom stereocenters. The maximum Gasteiger partial charge on any atom is 0.131 e. The molecule has 4 aromatic carbocycles. The summed E-state index contributed by atoms with van der Waals surface area (Å²) in [6.45, 7) is 0. The number of halogens is 2. The first-order valence-electron chi connectivity index (χ1n) is 8.76. The van der Waals surface area contributed by atoms with Crippen molar-refractivity contribution in [1.29, 1.82) is 0 Å². The van der Waals surface area contributed by atoms with Gasteiger partial charge in [-0.2, -0.15) is 0 Å². The zero-order valence-electron chi connectivity index (χ0n) is 14.4. The van der Waals surface area contributed by atoms with Crippen molar-refractivity contribution in [3.05, 3.63) is 103 Å². The molecule has 0 saturated heterocycles. The fourth-order valence-electron chi connectivity index (χ4n) is 3.71. The molecule has 0 spiro atoms. The van der Waals surface area contributed by atoms with Gasteiger partial charge in [0.05, 0.1) is 11.0 Å². The van der Waals surface area contributed by atoms with Crippen LogP contribution in [0.25, 0.3) is 38.6 Å². The number of hydrogen-bond donors (Lipinski definition) is 0. The van der Waals surface area contributed by atoms with Crippen molar-refractivity contribution >= 4 is 21.8 Å². The predicted octanol–water partition coefficient (Wildman–Crippen LogP) is 6.73. The molecule has 5 aromatic rings. The third kappa shape index (κ3) is 2.51. The lowest BCUT2D eigenvalue weighted by Gasteiger charge is -2.10. The highest BCUT2D eigenvalue weighted by molar-refractivity contribution is 6.09. The molecule has 0 aliphatic rings. The predicted molar refractivity (Wildman–Crippen MR) is 106 cm³/mol. The second kappa shape index (κ2) is 6.06. The largest absolute Gasteiger partial charge is 0.309 e. The highest BCUT2D eigenvalue weighted by Gasteiger charge is 2.12. The van der Waals surface area contributed by atoms with E-state index in [1.165, 1.54) is 16.8 Å². The van der Waals surface area contributed by atoms with Crippen molar-refractivity contribution < 1.29 is 8.78 Å². The van der Waals surface area contributed by atoms with E-state index in [4.69, 9.17) is 0 Å². The first-order valence-corrected chi connectivity index (χ1v) is 8.76. The Labute approximate surface area is 155 Å². The molecular formula is C24H15F2N. The Balaban J connectivity index is 1.71. The molecule has 27 heavy (non-hydrogen) atoms. The molecule has 0 amide bonds. The van der Waals surface area contributed by atoms with Gasteiger partial charge in [-0.05, 0) is 48.0 Å². The summed E-state index contributed by atoms with van der Waals surface area (Å²) in [5.41, 5.74) is 4.13. The molecule has 0 aliphatic carbocycles. The standard InChI is InChI=1S/C24H15F2N/c25-17-11-14-22(26)21(15-17)16-9-12-18(13-10-16)27-23-7-3-1-5-19(23)20-6-2-4-8-24(20)27/h1-15H. The monoisotopic (exact) mass is 355 g/mol. The molecule has 130 valence electrons. The molecular weight excluding hydrogens is 340 g/mol. The zero-order valence-corrected chi connectivity index (χ0v) is 14.4. The first kappa shape index (κ1) is 15.8. The van der Waals surface area contributed by atoms with Crippen LogP contribution < -0.4 is 0 Å². The van der Waals surface area contributed by atoms with E-state index in [0.29, 0.717) is 5.56 Å². The van der Waals surface area contributed by atoms with Crippen LogP contribution in [0.5, 0.6) is 0 Å². The summed E-state index contributed by atoms with van der Waals surface area (Å²) in [5.74, 6) is -0.876. The highest BCUT2D eigenvalue weighted by Crippen LogP contribution is 2.32. The minimum Gasteiger partial charge on any atom is -0.309 e. The fraction of sp³-hybridized carbons (Fsp3) is 0. The summed E-state index contributed by atoms with van der Waals surface area (Å²) in [6, 6.07) is 27.6. The third-order valence-corrected chi connectivity index (χ3v) is 4.94. The van der Waals surface area contributed by atoms with E-state index in [0.717, 1.165) is 28.9 Å². The number of fused-ring (bicyclic) bond motifs is 3. The molecule has 1 aromatic heterocycles. The molecule has 0 atom stereocenters. The number of benzene rings is 4. The minimum atomic E-state index is -0.446. The van der Waals surface area contributed by atoms with Crippen molar-refractivity contribution in [2.75, 3.05) is 0 Å². The average molecular weight is 355 g/mol. The van der Waals surface area contributed by atoms with E-state index in [2.05, 4.69) is 28.8 Å². The van der Waals surface area contributed by atoms with Crippen molar-refractivity contribution in [3.8, 4) is 16.8 Å². The van der Waals surface area contributed by atoms with Gasteiger partial charge in [-0.25, -0.2) is 8.78 Å². The lowest BCUT2D eigenvalue weighted by Crippen LogP contribution is -1.94. The molecule has 0 aliphatic heterocycles. The average Bonchev–Trinajstić information content (AvgIpc) is 3.05. The van der Waals surface area contributed by atoms with E-state index in [-0.39, 0.29) is 5.56 Å². The summed E-state index contributed by atoms with van der Waals surface area (Å²) in [5, 5.41) is 2.38. The number of nitrogens with zero attached hydrogens (tertiary/aromatic N) is 1. The quantitative estimate of drug-likeness (QED) is 0.331. The first-order chi connectivity index (χ1) is 13.2. The topological polar surface area (TPSA) is 4.93 Å². The molecule has 0 saturated carbocycles. The van der Waals surface area contributed by atoms with Gasteiger partial charge in [0.2, 0.25) is 0 Å². The highest BCUT2D eigenvalue weighted by atomic mass is 19.1. The normalized spacial score (nSPS) is 11.3. The van der Waals surface area contributed by atoms with Crippen LogP contribution in [0.1, 0.15) is 0 Å². The van der Waals surface area contributed by atoms with Crippen LogP contribution in [0.3, 0.4) is 0 Å². The Morgan fingerprint density at radius 2 is 1.19 bits per heavy atom.